The van der Waals surface area contributed by atoms with Gasteiger partial charge in [0.2, 0.25) is 0 Å². The van der Waals surface area contributed by atoms with E-state index in [-0.39, 0.29) is 18.2 Å². The Labute approximate surface area is 303 Å². The second kappa shape index (κ2) is 13.5. The predicted molar refractivity (Wildman–Crippen MR) is 195 cm³/mol. The molecule has 7 rings (SSSR count). The molecule has 2 N–H and O–H groups in total. The molecule has 2 amide bonds. The zero-order chi connectivity index (χ0) is 36.8. The number of hydrogen-bond donors (Lipinski definition) is 2. The van der Waals surface area contributed by atoms with Crippen molar-refractivity contribution in [3.63, 3.8) is 0 Å². The molecule has 12 heteroatoms. The van der Waals surface area contributed by atoms with Crippen molar-refractivity contribution >= 4 is 23.2 Å². The Balaban J connectivity index is 1.05. The Bertz CT molecular complexity index is 2050. The summed E-state index contributed by atoms with van der Waals surface area (Å²) < 4.78 is 23.3. The fourth-order valence-electron chi connectivity index (χ4n) is 6.88. The lowest BCUT2D eigenvalue weighted by Crippen LogP contribution is -2.46. The summed E-state index contributed by atoms with van der Waals surface area (Å²) in [4.78, 5) is 45.9. The van der Waals surface area contributed by atoms with Crippen LogP contribution in [0, 0.1) is 11.8 Å². The van der Waals surface area contributed by atoms with E-state index in [9.17, 15) is 9.59 Å². The van der Waals surface area contributed by atoms with E-state index in [1.807, 2.05) is 84.0 Å². The fourth-order valence-corrected chi connectivity index (χ4v) is 6.88. The van der Waals surface area contributed by atoms with Crippen LogP contribution in [0.5, 0.6) is 0 Å². The number of nitrogens with zero attached hydrogens (tertiary/aromatic N) is 4. The van der Waals surface area contributed by atoms with Gasteiger partial charge in [-0.1, -0.05) is 36.1 Å². The molecule has 4 aromatic rings. The molecule has 3 atom stereocenters. The second-order valence-electron chi connectivity index (χ2n) is 15.9. The van der Waals surface area contributed by atoms with E-state index in [0.717, 1.165) is 39.0 Å². The van der Waals surface area contributed by atoms with E-state index in [1.54, 1.807) is 16.0 Å². The minimum atomic E-state index is -0.635. The Hall–Kier alpha value is -5.12. The fraction of sp³-hybridized carbons (Fsp3) is 0.450. The number of rotatable bonds is 3. The van der Waals surface area contributed by atoms with Gasteiger partial charge in [-0.05, 0) is 83.9 Å². The molecule has 0 aliphatic carbocycles. The lowest BCUT2D eigenvalue weighted by molar-refractivity contribution is -0.149. The highest BCUT2D eigenvalue weighted by molar-refractivity contribution is 5.78. The summed E-state index contributed by atoms with van der Waals surface area (Å²) in [7, 11) is 0. The molecule has 52 heavy (non-hydrogen) atoms. The van der Waals surface area contributed by atoms with E-state index in [4.69, 9.17) is 23.9 Å². The summed E-state index contributed by atoms with van der Waals surface area (Å²) in [5, 5.41) is 0. The number of imidazole rings is 2. The summed E-state index contributed by atoms with van der Waals surface area (Å²) in [6.45, 7) is 17.5. The third-order valence-corrected chi connectivity index (χ3v) is 9.18. The monoisotopic (exact) mass is 706 g/mol. The number of ether oxygens (including phenoxy) is 4. The maximum Gasteiger partial charge on any atom is 0.411 e. The van der Waals surface area contributed by atoms with Gasteiger partial charge in [-0.25, -0.2) is 19.6 Å². The number of benzene rings is 2. The first-order valence-corrected chi connectivity index (χ1v) is 17.7. The quantitative estimate of drug-likeness (QED) is 0.171. The summed E-state index contributed by atoms with van der Waals surface area (Å²) >= 11 is 0. The normalized spacial score (nSPS) is 22.2. The predicted octanol–water partition coefficient (Wildman–Crippen LogP) is 7.06. The summed E-state index contributed by atoms with van der Waals surface area (Å²) in [5.74, 6) is 7.90. The topological polar surface area (TPSA) is 135 Å². The van der Waals surface area contributed by atoms with Crippen LogP contribution in [0.3, 0.4) is 0 Å². The molecule has 0 radical (unpaired) electrons. The molecule has 5 heterocycles. The van der Waals surface area contributed by atoms with E-state index in [0.29, 0.717) is 57.4 Å². The van der Waals surface area contributed by atoms with Crippen molar-refractivity contribution in [1.82, 2.24) is 29.7 Å². The minimum Gasteiger partial charge on any atom is -0.444 e. The van der Waals surface area contributed by atoms with Gasteiger partial charge >= 0.3 is 12.2 Å². The molecular formula is C40H46N6O6. The number of aromatic nitrogens is 4. The Morgan fingerprint density at radius 3 is 2.29 bits per heavy atom. The second-order valence-corrected chi connectivity index (χ2v) is 15.9. The number of carbonyl (C=O) groups is 2. The average molecular weight is 707 g/mol. The number of likely N-dealkylation sites (tertiary alicyclic amines) is 2. The zero-order valence-corrected chi connectivity index (χ0v) is 30.7. The molecule has 3 aliphatic rings. The number of aromatic amines is 2. The maximum absolute atomic E-state index is 13.3. The van der Waals surface area contributed by atoms with Crippen LogP contribution in [0.2, 0.25) is 0 Å². The Kier molecular flexibility index (Phi) is 9.13. The molecule has 3 fully saturated rings. The van der Waals surface area contributed by atoms with Gasteiger partial charge in [0.1, 0.15) is 28.5 Å². The smallest absolute Gasteiger partial charge is 0.411 e. The van der Waals surface area contributed by atoms with Crippen molar-refractivity contribution in [3.8, 4) is 23.1 Å². The third-order valence-electron chi connectivity index (χ3n) is 9.18. The van der Waals surface area contributed by atoms with Crippen LogP contribution in [0.25, 0.3) is 22.3 Å². The Morgan fingerprint density at radius 1 is 0.904 bits per heavy atom. The zero-order valence-electron chi connectivity index (χ0n) is 30.7. The molecule has 2 aromatic heterocycles. The van der Waals surface area contributed by atoms with Gasteiger partial charge in [-0.15, -0.1) is 0 Å². The van der Waals surface area contributed by atoms with E-state index < -0.39 is 22.9 Å². The highest BCUT2D eigenvalue weighted by Gasteiger charge is 2.51. The molecule has 1 spiro atoms. The van der Waals surface area contributed by atoms with Gasteiger partial charge in [0.05, 0.1) is 61.4 Å². The largest absolute Gasteiger partial charge is 0.444 e. The first kappa shape index (κ1) is 35.3. The van der Waals surface area contributed by atoms with Gasteiger partial charge < -0.3 is 28.9 Å². The molecule has 3 saturated heterocycles. The van der Waals surface area contributed by atoms with Crippen molar-refractivity contribution in [2.24, 2.45) is 0 Å². The number of amides is 2. The molecule has 0 saturated carbocycles. The van der Waals surface area contributed by atoms with Gasteiger partial charge in [0.15, 0.2) is 0 Å². The van der Waals surface area contributed by atoms with Crippen LogP contribution in [-0.2, 0) is 18.9 Å². The number of carbonyl (C=O) groups excluding carboxylic acids is 2. The van der Waals surface area contributed by atoms with Gasteiger partial charge in [0.25, 0.3) is 0 Å². The molecule has 0 unspecified atom stereocenters. The summed E-state index contributed by atoms with van der Waals surface area (Å²) in [6, 6.07) is 13.2. The number of H-pyrrole nitrogens is 2. The standard InChI is InChI=1S/C40H46N6O6/c1-25-18-32(45(22-25)36(47)51-38(2,3)4)34-41-21-31(44-34)28-13-10-26(11-14-28)8-9-27-12-15-29-30(19-27)43-35(42-29)33-20-40(24-49-16-17-50-40)23-46(33)37(48)52-39(5,6)7/h10-15,19,21,32-33H,1,16-18,20,22-24H2,2-7H3,(H,41,44)(H,42,43)/t32-,33-,40-/m0/s1. The first-order chi connectivity index (χ1) is 24.6. The van der Waals surface area contributed by atoms with Gasteiger partial charge in [0, 0.05) is 24.1 Å². The van der Waals surface area contributed by atoms with Crippen molar-refractivity contribution in [2.75, 3.05) is 32.9 Å². The Morgan fingerprint density at radius 2 is 1.60 bits per heavy atom. The van der Waals surface area contributed by atoms with Crippen LogP contribution < -0.4 is 0 Å². The molecule has 272 valence electrons. The lowest BCUT2D eigenvalue weighted by atomic mass is 10.00. The molecule has 12 nitrogen and oxygen atoms in total. The SMILES string of the molecule is C=C1C[C@@H](c2ncc(-c3ccc(C#Cc4ccc5nc([C@@H]6C[C@@]7(COCCO7)CN6C(=O)OC(C)(C)C)[nH]c5c4)cc3)[nH]2)N(C(=O)OC(C)(C)C)C1. The average Bonchev–Trinajstić information content (AvgIpc) is 3.87. The van der Waals surface area contributed by atoms with Gasteiger partial charge in [-0.3, -0.25) is 9.80 Å². The van der Waals surface area contributed by atoms with Crippen LogP contribution in [0.1, 0.15) is 89.2 Å². The van der Waals surface area contributed by atoms with Crippen LogP contribution >= 0.6 is 0 Å². The van der Waals surface area contributed by atoms with Crippen molar-refractivity contribution in [3.05, 3.63) is 83.6 Å². The highest BCUT2D eigenvalue weighted by Crippen LogP contribution is 2.42. The highest BCUT2D eigenvalue weighted by atomic mass is 16.6. The van der Waals surface area contributed by atoms with E-state index >= 15 is 0 Å². The van der Waals surface area contributed by atoms with E-state index in [1.165, 1.54) is 0 Å². The van der Waals surface area contributed by atoms with Gasteiger partial charge in [-0.2, -0.15) is 0 Å². The van der Waals surface area contributed by atoms with Crippen molar-refractivity contribution < 1.29 is 28.5 Å². The molecule has 2 aromatic carbocycles. The summed E-state index contributed by atoms with van der Waals surface area (Å²) in [6.07, 6.45) is 2.19. The lowest BCUT2D eigenvalue weighted by Gasteiger charge is -2.33. The van der Waals surface area contributed by atoms with E-state index in [2.05, 4.69) is 33.4 Å². The summed E-state index contributed by atoms with van der Waals surface area (Å²) in [5.41, 5.74) is 4.23. The minimum absolute atomic E-state index is 0.260. The van der Waals surface area contributed by atoms with Crippen LogP contribution in [-0.4, -0.2) is 91.6 Å². The number of hydrogen-bond acceptors (Lipinski definition) is 8. The first-order valence-electron chi connectivity index (χ1n) is 17.7. The van der Waals surface area contributed by atoms with Crippen molar-refractivity contribution in [2.45, 2.75) is 83.3 Å². The third kappa shape index (κ3) is 7.71. The number of nitrogens with one attached hydrogen (secondary N) is 2. The van der Waals surface area contributed by atoms with Crippen molar-refractivity contribution in [1.29, 1.82) is 0 Å². The van der Waals surface area contributed by atoms with Crippen LogP contribution in [0.15, 0.2) is 60.8 Å². The van der Waals surface area contributed by atoms with Crippen LogP contribution in [0.4, 0.5) is 9.59 Å². The molecule has 0 bridgehead atoms. The maximum atomic E-state index is 13.3. The molecular weight excluding hydrogens is 660 g/mol. The number of fused-ring (bicyclic) bond motifs is 1. The molecule has 3 aliphatic heterocycles.